The van der Waals surface area contributed by atoms with Crippen molar-refractivity contribution in [2.24, 2.45) is 0 Å². The normalized spacial score (nSPS) is 16.4. The minimum absolute atomic E-state index is 0.0866. The fraction of sp³-hybridized carbons (Fsp3) is 0.630. The van der Waals surface area contributed by atoms with Crippen LogP contribution in [-0.2, 0) is 25.2 Å². The van der Waals surface area contributed by atoms with Gasteiger partial charge in [-0.2, -0.15) is 0 Å². The van der Waals surface area contributed by atoms with Crippen LogP contribution < -0.4 is 0 Å². The van der Waals surface area contributed by atoms with E-state index in [0.29, 0.717) is 12.2 Å². The van der Waals surface area contributed by atoms with Crippen molar-refractivity contribution in [3.05, 3.63) is 33.7 Å². The molecular formula is C27H41NO4S. The summed E-state index contributed by atoms with van der Waals surface area (Å²) >= 11 is 1.61. The third-order valence-electron chi connectivity index (χ3n) is 5.95. The number of hydrogen-bond acceptors (Lipinski definition) is 5. The number of rotatable bonds is 8. The Balaban J connectivity index is 2.13. The maximum Gasteiger partial charge on any atom is 0.305 e. The molecule has 1 heterocycles. The highest BCUT2D eigenvalue weighted by atomic mass is 32.2. The van der Waals surface area contributed by atoms with Gasteiger partial charge in [-0.1, -0.05) is 54.4 Å². The molecule has 0 saturated carbocycles. The van der Waals surface area contributed by atoms with Crippen molar-refractivity contribution in [1.29, 1.82) is 0 Å². The van der Waals surface area contributed by atoms with Gasteiger partial charge in [-0.05, 0) is 47.4 Å². The van der Waals surface area contributed by atoms with Crippen molar-refractivity contribution >= 4 is 29.7 Å². The number of benzene rings is 1. The molecule has 0 unspecified atom stereocenters. The Morgan fingerprint density at radius 1 is 1.06 bits per heavy atom. The number of thioether (sulfide) groups is 1. The van der Waals surface area contributed by atoms with Gasteiger partial charge in [0.15, 0.2) is 0 Å². The highest BCUT2D eigenvalue weighted by molar-refractivity contribution is 8.04. The van der Waals surface area contributed by atoms with Crippen LogP contribution in [0.4, 0.5) is 0 Å². The molecule has 0 atom stereocenters. The number of phenolic OH excluding ortho intramolecular Hbond substituents is 1. The molecular weight excluding hydrogens is 434 g/mol. The molecule has 0 bridgehead atoms. The molecule has 1 aromatic carbocycles. The average Bonchev–Trinajstić information content (AvgIpc) is 2.72. The summed E-state index contributed by atoms with van der Waals surface area (Å²) in [5.74, 6) is 1.17. The molecule has 1 aliphatic heterocycles. The van der Waals surface area contributed by atoms with Gasteiger partial charge in [0.05, 0.1) is 12.0 Å². The highest BCUT2D eigenvalue weighted by Gasteiger charge is 2.28. The van der Waals surface area contributed by atoms with Gasteiger partial charge in [-0.15, -0.1) is 11.8 Å². The first-order valence-electron chi connectivity index (χ1n) is 11.9. The molecule has 33 heavy (non-hydrogen) atoms. The van der Waals surface area contributed by atoms with Gasteiger partial charge < -0.3 is 14.7 Å². The number of amides is 1. The van der Waals surface area contributed by atoms with Gasteiger partial charge in [-0.3, -0.25) is 9.59 Å². The van der Waals surface area contributed by atoms with Gasteiger partial charge in [-0.25, -0.2) is 0 Å². The van der Waals surface area contributed by atoms with Crippen molar-refractivity contribution in [3.8, 4) is 5.75 Å². The smallest absolute Gasteiger partial charge is 0.305 e. The van der Waals surface area contributed by atoms with E-state index in [0.717, 1.165) is 66.1 Å². The van der Waals surface area contributed by atoms with E-state index in [-0.39, 0.29) is 22.7 Å². The Kier molecular flexibility index (Phi) is 9.48. The zero-order valence-corrected chi connectivity index (χ0v) is 22.2. The third-order valence-corrected chi connectivity index (χ3v) is 6.94. The van der Waals surface area contributed by atoms with E-state index in [1.807, 2.05) is 23.1 Å². The number of unbranched alkanes of at least 4 members (excludes halogenated alkanes) is 3. The van der Waals surface area contributed by atoms with E-state index < -0.39 is 0 Å². The van der Waals surface area contributed by atoms with Gasteiger partial charge in [0.2, 0.25) is 0 Å². The first-order valence-corrected chi connectivity index (χ1v) is 12.9. The highest BCUT2D eigenvalue weighted by Crippen LogP contribution is 2.40. The molecule has 0 spiro atoms. The maximum absolute atomic E-state index is 13.1. The first-order chi connectivity index (χ1) is 15.3. The van der Waals surface area contributed by atoms with Crippen molar-refractivity contribution in [2.45, 2.75) is 84.5 Å². The molecule has 1 fully saturated rings. The lowest BCUT2D eigenvalue weighted by Crippen LogP contribution is -2.37. The second-order valence-corrected chi connectivity index (χ2v) is 12.0. The zero-order chi connectivity index (χ0) is 24.8. The second-order valence-electron chi connectivity index (χ2n) is 10.9. The summed E-state index contributed by atoms with van der Waals surface area (Å²) in [5.41, 5.74) is 2.35. The number of esters is 1. The third kappa shape index (κ3) is 7.80. The molecule has 2 rings (SSSR count). The summed E-state index contributed by atoms with van der Waals surface area (Å²) in [7, 11) is 1.42. The number of carbonyl (C=O) groups is 2. The number of phenols is 1. The van der Waals surface area contributed by atoms with E-state index in [2.05, 4.69) is 46.3 Å². The van der Waals surface area contributed by atoms with Crippen LogP contribution in [0.2, 0.25) is 0 Å². The van der Waals surface area contributed by atoms with Crippen LogP contribution in [0.25, 0.3) is 6.08 Å². The van der Waals surface area contributed by atoms with Crippen LogP contribution in [0.3, 0.4) is 0 Å². The van der Waals surface area contributed by atoms with Crippen LogP contribution in [0.5, 0.6) is 5.75 Å². The molecule has 0 aliphatic carbocycles. The number of ether oxygens (including phenoxy) is 1. The summed E-state index contributed by atoms with van der Waals surface area (Å²) in [5, 5.41) is 11.0. The minimum atomic E-state index is -0.206. The minimum Gasteiger partial charge on any atom is -0.507 e. The fourth-order valence-corrected chi connectivity index (χ4v) is 4.97. The van der Waals surface area contributed by atoms with E-state index in [1.54, 1.807) is 11.8 Å². The fourth-order valence-electron chi connectivity index (χ4n) is 3.96. The zero-order valence-electron chi connectivity index (χ0n) is 21.4. The largest absolute Gasteiger partial charge is 0.507 e. The predicted molar refractivity (Wildman–Crippen MR) is 138 cm³/mol. The Labute approximate surface area is 204 Å². The summed E-state index contributed by atoms with van der Waals surface area (Å²) in [6, 6.07) is 4.04. The number of methoxy groups -OCH3 is 1. The molecule has 0 radical (unpaired) electrons. The summed E-state index contributed by atoms with van der Waals surface area (Å²) in [4.78, 5) is 27.0. The van der Waals surface area contributed by atoms with E-state index in [9.17, 15) is 14.7 Å². The number of carbonyl (C=O) groups excluding carboxylic acids is 2. The van der Waals surface area contributed by atoms with Crippen LogP contribution in [0.15, 0.2) is 17.0 Å². The van der Waals surface area contributed by atoms with Crippen molar-refractivity contribution in [1.82, 2.24) is 4.90 Å². The topological polar surface area (TPSA) is 66.8 Å². The molecule has 1 amide bonds. The molecule has 5 nitrogen and oxygen atoms in total. The molecule has 1 saturated heterocycles. The average molecular weight is 476 g/mol. The molecule has 1 N–H and O–H groups in total. The molecule has 184 valence electrons. The predicted octanol–water partition coefficient (Wildman–Crippen LogP) is 6.03. The SMILES string of the molecule is COC(=O)CCCCCCN1CCSC(=Cc2cc(C(C)(C)C)c(O)c(C(C)(C)C)c2)C1=O. The Morgan fingerprint density at radius 3 is 2.18 bits per heavy atom. The Bertz CT molecular complexity index is 842. The van der Waals surface area contributed by atoms with Crippen LogP contribution in [0, 0.1) is 0 Å². The maximum atomic E-state index is 13.1. The molecule has 1 aromatic rings. The van der Waals surface area contributed by atoms with Gasteiger partial charge >= 0.3 is 5.97 Å². The van der Waals surface area contributed by atoms with Gasteiger partial charge in [0.1, 0.15) is 5.75 Å². The monoisotopic (exact) mass is 475 g/mol. The Morgan fingerprint density at radius 2 is 1.64 bits per heavy atom. The van der Waals surface area contributed by atoms with Gasteiger partial charge in [0, 0.05) is 36.4 Å². The Hall–Kier alpha value is -1.95. The lowest BCUT2D eigenvalue weighted by molar-refractivity contribution is -0.140. The first kappa shape index (κ1) is 27.3. The van der Waals surface area contributed by atoms with E-state index in [1.165, 1.54) is 7.11 Å². The summed E-state index contributed by atoms with van der Waals surface area (Å²) in [6.07, 6.45) is 6.17. The van der Waals surface area contributed by atoms with Crippen molar-refractivity contribution in [3.63, 3.8) is 0 Å². The van der Waals surface area contributed by atoms with E-state index in [4.69, 9.17) is 0 Å². The summed E-state index contributed by atoms with van der Waals surface area (Å²) < 4.78 is 4.67. The van der Waals surface area contributed by atoms with E-state index >= 15 is 0 Å². The number of hydrogen-bond donors (Lipinski definition) is 1. The number of nitrogens with zero attached hydrogens (tertiary/aromatic N) is 1. The number of aromatic hydroxyl groups is 1. The van der Waals surface area contributed by atoms with Crippen LogP contribution >= 0.6 is 11.8 Å². The lowest BCUT2D eigenvalue weighted by atomic mass is 9.78. The van der Waals surface area contributed by atoms with Crippen LogP contribution in [-0.4, -0.2) is 47.8 Å². The standard InChI is InChI=1S/C27H41NO4S/c1-26(2,3)20-16-19(17-21(24(20)30)27(4,5)6)18-22-25(31)28(14-15-33-22)13-11-9-8-10-12-23(29)32-7/h16-18,30H,8-15H2,1-7H3. The molecule has 1 aliphatic rings. The lowest BCUT2D eigenvalue weighted by Gasteiger charge is -2.29. The summed E-state index contributed by atoms with van der Waals surface area (Å²) in [6.45, 7) is 14.1. The quantitative estimate of drug-likeness (QED) is 0.283. The van der Waals surface area contributed by atoms with Crippen molar-refractivity contribution < 1.29 is 19.4 Å². The second kappa shape index (κ2) is 11.5. The van der Waals surface area contributed by atoms with Gasteiger partial charge in [0.25, 0.3) is 5.91 Å². The molecule has 6 heteroatoms. The van der Waals surface area contributed by atoms with Crippen LogP contribution in [0.1, 0.15) is 90.3 Å². The van der Waals surface area contributed by atoms with Crippen molar-refractivity contribution in [2.75, 3.05) is 26.0 Å². The molecule has 0 aromatic heterocycles.